The second-order valence-electron chi connectivity index (χ2n) is 11.2. The van der Waals surface area contributed by atoms with Crippen molar-refractivity contribution in [1.29, 1.82) is 0 Å². The molecule has 2 fully saturated rings. The monoisotopic (exact) mass is 494 g/mol. The Morgan fingerprint density at radius 3 is 2.22 bits per heavy atom. The largest absolute Gasteiger partial charge is 0.354 e. The number of nitrogens with zero attached hydrogens (tertiary/aromatic N) is 3. The SMILES string of the molecule is Cc1cc(-c2[nH]c3ccc(C4CCN(C5CCN(C(C)C)CC5)CC4)cc3c2CC(F)F)cc(C)n1. The van der Waals surface area contributed by atoms with E-state index >= 15 is 0 Å². The van der Waals surface area contributed by atoms with Gasteiger partial charge in [0.2, 0.25) is 6.43 Å². The van der Waals surface area contributed by atoms with Crippen molar-refractivity contribution in [2.45, 2.75) is 84.2 Å². The predicted molar refractivity (Wildman–Crippen MR) is 144 cm³/mol. The van der Waals surface area contributed by atoms with Crippen molar-refractivity contribution < 1.29 is 8.78 Å². The first-order valence-corrected chi connectivity index (χ1v) is 13.6. The zero-order valence-corrected chi connectivity index (χ0v) is 22.2. The van der Waals surface area contributed by atoms with Gasteiger partial charge in [0.15, 0.2) is 0 Å². The van der Waals surface area contributed by atoms with Gasteiger partial charge in [-0.3, -0.25) is 4.98 Å². The number of hydrogen-bond donors (Lipinski definition) is 1. The molecule has 36 heavy (non-hydrogen) atoms. The van der Waals surface area contributed by atoms with Crippen molar-refractivity contribution >= 4 is 10.9 Å². The van der Waals surface area contributed by atoms with Gasteiger partial charge in [0.05, 0.1) is 5.69 Å². The molecule has 6 heteroatoms. The van der Waals surface area contributed by atoms with Crippen LogP contribution in [0.1, 0.15) is 68.0 Å². The smallest absolute Gasteiger partial charge is 0.242 e. The topological polar surface area (TPSA) is 35.2 Å². The summed E-state index contributed by atoms with van der Waals surface area (Å²) in [5, 5.41) is 0.943. The lowest BCUT2D eigenvalue weighted by Crippen LogP contribution is -2.48. The molecule has 4 nitrogen and oxygen atoms in total. The van der Waals surface area contributed by atoms with E-state index in [9.17, 15) is 8.78 Å². The van der Waals surface area contributed by atoms with Gasteiger partial charge in [0, 0.05) is 46.4 Å². The van der Waals surface area contributed by atoms with E-state index in [0.29, 0.717) is 18.0 Å². The molecule has 5 rings (SSSR count). The maximum absolute atomic E-state index is 13.7. The molecule has 2 aromatic heterocycles. The number of pyridine rings is 1. The third kappa shape index (κ3) is 5.35. The van der Waals surface area contributed by atoms with E-state index in [0.717, 1.165) is 65.0 Å². The van der Waals surface area contributed by atoms with Gasteiger partial charge in [-0.25, -0.2) is 8.78 Å². The molecule has 1 aromatic carbocycles. The van der Waals surface area contributed by atoms with Gasteiger partial charge in [0.25, 0.3) is 0 Å². The van der Waals surface area contributed by atoms with Crippen LogP contribution in [0.4, 0.5) is 8.78 Å². The number of hydrogen-bond acceptors (Lipinski definition) is 3. The highest BCUT2D eigenvalue weighted by atomic mass is 19.3. The molecule has 0 amide bonds. The number of benzene rings is 1. The highest BCUT2D eigenvalue weighted by Crippen LogP contribution is 2.37. The summed E-state index contributed by atoms with van der Waals surface area (Å²) in [7, 11) is 0. The first-order chi connectivity index (χ1) is 17.3. The number of aromatic amines is 1. The highest BCUT2D eigenvalue weighted by molar-refractivity contribution is 5.91. The number of aryl methyl sites for hydroxylation is 2. The molecule has 2 aliphatic heterocycles. The van der Waals surface area contributed by atoms with Gasteiger partial charge in [-0.15, -0.1) is 0 Å². The van der Waals surface area contributed by atoms with Gasteiger partial charge >= 0.3 is 0 Å². The van der Waals surface area contributed by atoms with E-state index in [2.05, 4.69) is 51.8 Å². The zero-order chi connectivity index (χ0) is 25.4. The fraction of sp³-hybridized carbons (Fsp3) is 0.567. The Morgan fingerprint density at radius 1 is 0.944 bits per heavy atom. The summed E-state index contributed by atoms with van der Waals surface area (Å²) in [6.07, 6.45) is 2.19. The second kappa shape index (κ2) is 10.6. The standard InChI is InChI=1S/C30H40F2N4/c1-19(2)35-13-9-25(10-14-35)36-11-7-22(8-12-36)23-5-6-28-26(17-23)27(18-29(31)32)30(34-28)24-15-20(3)33-21(4)16-24/h5-6,15-17,19,22,25,29,34H,7-14,18H2,1-4H3. The minimum absolute atomic E-state index is 0.243. The molecule has 3 aromatic rings. The Balaban J connectivity index is 1.35. The van der Waals surface area contributed by atoms with Gasteiger partial charge in [-0.2, -0.15) is 0 Å². The van der Waals surface area contributed by atoms with E-state index in [1.165, 1.54) is 31.5 Å². The van der Waals surface area contributed by atoms with E-state index in [-0.39, 0.29) is 6.42 Å². The summed E-state index contributed by atoms with van der Waals surface area (Å²) in [5.41, 5.74) is 6.48. The van der Waals surface area contributed by atoms with Crippen LogP contribution in [0.5, 0.6) is 0 Å². The number of likely N-dealkylation sites (tertiary alicyclic amines) is 2. The maximum Gasteiger partial charge on any atom is 0.242 e. The Bertz CT molecular complexity index is 1160. The van der Waals surface area contributed by atoms with Crippen LogP contribution in [0.2, 0.25) is 0 Å². The molecule has 0 unspecified atom stereocenters. The van der Waals surface area contributed by atoms with Crippen molar-refractivity contribution in [3.8, 4) is 11.3 Å². The summed E-state index contributed by atoms with van der Waals surface area (Å²) in [6, 6.07) is 11.8. The van der Waals surface area contributed by atoms with Crippen LogP contribution in [0.3, 0.4) is 0 Å². The van der Waals surface area contributed by atoms with Crippen molar-refractivity contribution in [1.82, 2.24) is 19.8 Å². The summed E-state index contributed by atoms with van der Waals surface area (Å²) < 4.78 is 27.4. The molecule has 0 saturated carbocycles. The van der Waals surface area contributed by atoms with Gasteiger partial charge in [-0.05, 0) is 121 Å². The van der Waals surface area contributed by atoms with E-state index in [4.69, 9.17) is 0 Å². The molecular weight excluding hydrogens is 454 g/mol. The van der Waals surface area contributed by atoms with E-state index in [1.54, 1.807) is 0 Å². The second-order valence-corrected chi connectivity index (χ2v) is 11.2. The molecule has 1 N–H and O–H groups in total. The molecule has 0 atom stereocenters. The Labute approximate surface area is 214 Å². The van der Waals surface area contributed by atoms with Crippen LogP contribution in [-0.2, 0) is 6.42 Å². The molecule has 2 aliphatic rings. The molecular formula is C30H40F2N4. The normalized spacial score (nSPS) is 19.2. The van der Waals surface area contributed by atoms with Crippen molar-refractivity contribution in [3.63, 3.8) is 0 Å². The maximum atomic E-state index is 13.7. The number of halogens is 2. The first kappa shape index (κ1) is 25.3. The molecule has 0 spiro atoms. The van der Waals surface area contributed by atoms with Crippen molar-refractivity contribution in [3.05, 3.63) is 52.8 Å². The summed E-state index contributed by atoms with van der Waals surface area (Å²) in [5.74, 6) is 0.490. The number of nitrogens with one attached hydrogen (secondary N) is 1. The number of alkyl halides is 2. The lowest BCUT2D eigenvalue weighted by Gasteiger charge is -2.43. The highest BCUT2D eigenvalue weighted by Gasteiger charge is 2.29. The number of fused-ring (bicyclic) bond motifs is 1. The molecule has 0 radical (unpaired) electrons. The average molecular weight is 495 g/mol. The third-order valence-corrected chi connectivity index (χ3v) is 8.41. The molecule has 4 heterocycles. The predicted octanol–water partition coefficient (Wildman–Crippen LogP) is 6.71. The number of H-pyrrole nitrogens is 1. The number of piperidine rings is 2. The molecule has 0 bridgehead atoms. The quantitative estimate of drug-likeness (QED) is 0.414. The Kier molecular flexibility index (Phi) is 7.45. The third-order valence-electron chi connectivity index (χ3n) is 8.41. The van der Waals surface area contributed by atoms with Crippen molar-refractivity contribution in [2.75, 3.05) is 26.2 Å². The molecule has 2 saturated heterocycles. The molecule has 0 aliphatic carbocycles. The number of rotatable bonds is 6. The van der Waals surface area contributed by atoms with Crippen molar-refractivity contribution in [2.24, 2.45) is 0 Å². The Morgan fingerprint density at radius 2 is 1.61 bits per heavy atom. The van der Waals surface area contributed by atoms with E-state index < -0.39 is 6.43 Å². The summed E-state index contributed by atoms with van der Waals surface area (Å²) >= 11 is 0. The van der Waals surface area contributed by atoms with Crippen LogP contribution >= 0.6 is 0 Å². The van der Waals surface area contributed by atoms with Crippen LogP contribution in [0.15, 0.2) is 30.3 Å². The lowest BCUT2D eigenvalue weighted by molar-refractivity contribution is 0.0753. The molecule has 194 valence electrons. The van der Waals surface area contributed by atoms with Gasteiger partial charge in [0.1, 0.15) is 0 Å². The first-order valence-electron chi connectivity index (χ1n) is 13.6. The van der Waals surface area contributed by atoms with Crippen LogP contribution in [0, 0.1) is 13.8 Å². The lowest BCUT2D eigenvalue weighted by atomic mass is 9.87. The van der Waals surface area contributed by atoms with Crippen LogP contribution in [-0.4, -0.2) is 64.5 Å². The fourth-order valence-corrected chi connectivity index (χ4v) is 6.48. The van der Waals surface area contributed by atoms with Gasteiger partial charge < -0.3 is 14.8 Å². The minimum atomic E-state index is -2.39. The van der Waals surface area contributed by atoms with Gasteiger partial charge in [-0.1, -0.05) is 6.07 Å². The van der Waals surface area contributed by atoms with Crippen LogP contribution < -0.4 is 0 Å². The van der Waals surface area contributed by atoms with Crippen LogP contribution in [0.25, 0.3) is 22.2 Å². The minimum Gasteiger partial charge on any atom is -0.354 e. The Hall–Kier alpha value is -2.31. The van der Waals surface area contributed by atoms with E-state index in [1.807, 2.05) is 26.0 Å². The average Bonchev–Trinajstić information content (AvgIpc) is 3.20. The fourth-order valence-electron chi connectivity index (χ4n) is 6.48. The zero-order valence-electron chi connectivity index (χ0n) is 22.2. The summed E-state index contributed by atoms with van der Waals surface area (Å²) in [6.45, 7) is 13.2. The number of aromatic nitrogens is 2. The summed E-state index contributed by atoms with van der Waals surface area (Å²) in [4.78, 5) is 13.2.